The summed E-state index contributed by atoms with van der Waals surface area (Å²) in [6, 6.07) is 0. The molecule has 0 spiro atoms. The maximum Gasteiger partial charge on any atom is 0.218 e. The minimum absolute atomic E-state index is 0.131. The Morgan fingerprint density at radius 2 is 2.36 bits per heavy atom. The average molecular weight is 194 g/mol. The maximum atomic E-state index is 11.9. The number of allylic oxidation sites excluding steroid dienone is 2. The van der Waals surface area contributed by atoms with Crippen LogP contribution in [0.15, 0.2) is 12.2 Å². The molecule has 14 heavy (non-hydrogen) atoms. The largest absolute Gasteiger partial charge is 0.343 e. The molecule has 0 saturated carbocycles. The van der Waals surface area contributed by atoms with Crippen LogP contribution in [0.4, 0.5) is 0 Å². The van der Waals surface area contributed by atoms with Crippen molar-refractivity contribution in [3.05, 3.63) is 12.2 Å². The van der Waals surface area contributed by atoms with Gasteiger partial charge in [-0.05, 0) is 12.3 Å². The molecule has 2 fully saturated rings. The van der Waals surface area contributed by atoms with Crippen molar-refractivity contribution in [1.82, 2.24) is 0 Å². The van der Waals surface area contributed by atoms with E-state index in [0.717, 1.165) is 6.42 Å². The second-order valence-corrected chi connectivity index (χ2v) is 4.45. The molecular weight excluding hydrogens is 180 g/mol. The predicted octanol–water partition coefficient (Wildman–Crippen LogP) is 1.14. The highest BCUT2D eigenvalue weighted by molar-refractivity contribution is 5.86. The van der Waals surface area contributed by atoms with Gasteiger partial charge in [-0.2, -0.15) is 0 Å². The minimum atomic E-state index is -0.560. The van der Waals surface area contributed by atoms with E-state index in [-0.39, 0.29) is 17.8 Å². The van der Waals surface area contributed by atoms with Gasteiger partial charge in [-0.25, -0.2) is 0 Å². The zero-order chi connectivity index (χ0) is 9.71. The molecule has 0 amide bonds. The summed E-state index contributed by atoms with van der Waals surface area (Å²) >= 11 is 0. The molecule has 3 heteroatoms. The summed E-state index contributed by atoms with van der Waals surface area (Å²) < 4.78 is 10.9. The number of carbonyl (C=O) groups is 1. The van der Waals surface area contributed by atoms with Gasteiger partial charge in [-0.3, -0.25) is 4.79 Å². The molecule has 3 rings (SSSR count). The Kier molecular flexibility index (Phi) is 1.79. The molecule has 2 saturated heterocycles. The normalized spacial score (nSPS) is 50.6. The lowest BCUT2D eigenvalue weighted by Crippen LogP contribution is -2.47. The molecule has 2 bridgehead atoms. The molecule has 76 valence electrons. The van der Waals surface area contributed by atoms with E-state index in [4.69, 9.17) is 9.47 Å². The third-order valence-corrected chi connectivity index (χ3v) is 3.62. The van der Waals surface area contributed by atoms with Crippen LogP contribution in [0.3, 0.4) is 0 Å². The topological polar surface area (TPSA) is 35.5 Å². The van der Waals surface area contributed by atoms with Crippen LogP contribution in [0.5, 0.6) is 0 Å². The highest BCUT2D eigenvalue weighted by Gasteiger charge is 2.51. The summed E-state index contributed by atoms with van der Waals surface area (Å²) in [5.74, 6) is 0.977. The number of ketones is 1. The van der Waals surface area contributed by atoms with E-state index in [1.807, 2.05) is 0 Å². The zero-order valence-corrected chi connectivity index (χ0v) is 8.18. The van der Waals surface area contributed by atoms with Crippen molar-refractivity contribution in [2.45, 2.75) is 25.7 Å². The van der Waals surface area contributed by atoms with E-state index in [9.17, 15) is 4.79 Å². The predicted molar refractivity (Wildman–Crippen MR) is 49.5 cm³/mol. The maximum absolute atomic E-state index is 11.9. The molecule has 0 unspecified atom stereocenters. The van der Waals surface area contributed by atoms with Crippen molar-refractivity contribution in [3.8, 4) is 0 Å². The molecule has 0 aromatic rings. The Hall–Kier alpha value is -0.670. The van der Waals surface area contributed by atoms with E-state index < -0.39 is 6.29 Å². The van der Waals surface area contributed by atoms with E-state index in [0.29, 0.717) is 18.4 Å². The summed E-state index contributed by atoms with van der Waals surface area (Å²) in [4.78, 5) is 11.9. The fourth-order valence-electron chi connectivity index (χ4n) is 2.91. The standard InChI is InChI=1S/C11H14O3/c1-6-3-2-4-7-8-5-13-11(14-8)10(12)9(6)7/h2-3,6-9,11H,4-5H2,1H3/t6-,7-,8-,9-,11-/m1/s1. The van der Waals surface area contributed by atoms with Crippen molar-refractivity contribution in [2.75, 3.05) is 6.61 Å². The quantitative estimate of drug-likeness (QED) is 0.542. The first-order chi connectivity index (χ1) is 6.77. The second-order valence-electron chi connectivity index (χ2n) is 4.45. The lowest BCUT2D eigenvalue weighted by Gasteiger charge is -2.38. The van der Waals surface area contributed by atoms with Crippen LogP contribution < -0.4 is 0 Å². The third kappa shape index (κ3) is 1.03. The van der Waals surface area contributed by atoms with Crippen molar-refractivity contribution in [2.24, 2.45) is 17.8 Å². The van der Waals surface area contributed by atoms with Crippen LogP contribution in [0.25, 0.3) is 0 Å². The highest BCUT2D eigenvalue weighted by Crippen LogP contribution is 2.42. The SMILES string of the molecule is C[C@@H]1C=CC[C@H]2[C@@H]1C(=O)[C@@H]1OC[C@H]2O1. The molecule has 3 nitrogen and oxygen atoms in total. The molecule has 3 aliphatic rings. The number of rotatable bonds is 0. The Morgan fingerprint density at radius 3 is 3.21 bits per heavy atom. The Morgan fingerprint density at radius 1 is 1.50 bits per heavy atom. The van der Waals surface area contributed by atoms with Crippen LogP contribution in [0.2, 0.25) is 0 Å². The molecule has 1 aliphatic carbocycles. The number of carbonyl (C=O) groups excluding carboxylic acids is 1. The molecule has 5 atom stereocenters. The molecule has 0 radical (unpaired) electrons. The Bertz CT molecular complexity index is 297. The summed E-state index contributed by atoms with van der Waals surface area (Å²) in [6.07, 6.45) is 4.86. The monoisotopic (exact) mass is 194 g/mol. The van der Waals surface area contributed by atoms with Crippen LogP contribution in [0, 0.1) is 17.8 Å². The van der Waals surface area contributed by atoms with E-state index in [1.165, 1.54) is 0 Å². The molecule has 0 aromatic carbocycles. The van der Waals surface area contributed by atoms with Crippen LogP contribution in [-0.2, 0) is 14.3 Å². The Balaban J connectivity index is 1.97. The van der Waals surface area contributed by atoms with Gasteiger partial charge in [-0.1, -0.05) is 19.1 Å². The van der Waals surface area contributed by atoms with E-state index in [2.05, 4.69) is 19.1 Å². The van der Waals surface area contributed by atoms with Crippen molar-refractivity contribution >= 4 is 5.78 Å². The van der Waals surface area contributed by atoms with Crippen LogP contribution in [-0.4, -0.2) is 24.8 Å². The first kappa shape index (κ1) is 8.62. The number of hydrogen-bond donors (Lipinski definition) is 0. The summed E-state index contributed by atoms with van der Waals surface area (Å²) in [5.41, 5.74) is 0. The number of ether oxygens (including phenoxy) is 2. The fourth-order valence-corrected chi connectivity index (χ4v) is 2.91. The van der Waals surface area contributed by atoms with Gasteiger partial charge in [0.1, 0.15) is 0 Å². The van der Waals surface area contributed by atoms with Gasteiger partial charge in [0.25, 0.3) is 0 Å². The van der Waals surface area contributed by atoms with Crippen molar-refractivity contribution < 1.29 is 14.3 Å². The summed E-state index contributed by atoms with van der Waals surface area (Å²) in [5, 5.41) is 0. The van der Waals surface area contributed by atoms with E-state index in [1.54, 1.807) is 0 Å². The van der Waals surface area contributed by atoms with Crippen LogP contribution in [0.1, 0.15) is 13.3 Å². The highest BCUT2D eigenvalue weighted by atomic mass is 16.7. The summed E-state index contributed by atoms with van der Waals surface area (Å²) in [6.45, 7) is 2.70. The van der Waals surface area contributed by atoms with Gasteiger partial charge in [-0.15, -0.1) is 0 Å². The molecule has 2 aliphatic heterocycles. The van der Waals surface area contributed by atoms with Crippen molar-refractivity contribution in [3.63, 3.8) is 0 Å². The Labute approximate surface area is 83.1 Å². The molecule has 0 N–H and O–H groups in total. The molecule has 2 heterocycles. The van der Waals surface area contributed by atoms with Gasteiger partial charge in [0.05, 0.1) is 12.7 Å². The first-order valence-electron chi connectivity index (χ1n) is 5.25. The lowest BCUT2D eigenvalue weighted by atomic mass is 9.71. The van der Waals surface area contributed by atoms with Gasteiger partial charge >= 0.3 is 0 Å². The first-order valence-corrected chi connectivity index (χ1v) is 5.25. The summed E-state index contributed by atoms with van der Waals surface area (Å²) in [7, 11) is 0. The smallest absolute Gasteiger partial charge is 0.218 e. The minimum Gasteiger partial charge on any atom is -0.343 e. The molecular formula is C11H14O3. The van der Waals surface area contributed by atoms with E-state index >= 15 is 0 Å². The van der Waals surface area contributed by atoms with Gasteiger partial charge in [0, 0.05) is 11.8 Å². The number of fused-ring (bicyclic) bond motifs is 4. The van der Waals surface area contributed by atoms with Gasteiger partial charge in [0.2, 0.25) is 6.29 Å². The lowest BCUT2D eigenvalue weighted by molar-refractivity contribution is -0.168. The molecule has 0 aromatic heterocycles. The fraction of sp³-hybridized carbons (Fsp3) is 0.727. The zero-order valence-electron chi connectivity index (χ0n) is 8.18. The van der Waals surface area contributed by atoms with Crippen LogP contribution >= 0.6 is 0 Å². The second kappa shape index (κ2) is 2.91. The van der Waals surface area contributed by atoms with Crippen molar-refractivity contribution in [1.29, 1.82) is 0 Å². The average Bonchev–Trinajstić information content (AvgIpc) is 2.60. The third-order valence-electron chi connectivity index (χ3n) is 3.62. The van der Waals surface area contributed by atoms with Gasteiger partial charge in [0.15, 0.2) is 5.78 Å². The van der Waals surface area contributed by atoms with Gasteiger partial charge < -0.3 is 9.47 Å². The number of Topliss-reactive ketones (excluding diaryl/α,β-unsaturated/α-hetero) is 1. The number of hydrogen-bond acceptors (Lipinski definition) is 3.